The Bertz CT molecular complexity index is 1410. The van der Waals surface area contributed by atoms with Gasteiger partial charge in [0.1, 0.15) is 5.75 Å². The van der Waals surface area contributed by atoms with E-state index in [9.17, 15) is 9.59 Å². The number of morpholine rings is 1. The summed E-state index contributed by atoms with van der Waals surface area (Å²) in [6, 6.07) is 21.0. The number of fused-ring (bicyclic) bond motifs is 5. The van der Waals surface area contributed by atoms with Crippen LogP contribution in [-0.4, -0.2) is 75.4 Å². The third kappa shape index (κ3) is 6.53. The van der Waals surface area contributed by atoms with Crippen molar-refractivity contribution in [2.45, 2.75) is 38.0 Å². The molecule has 9 heteroatoms. The molecule has 220 valence electrons. The Morgan fingerprint density at radius 1 is 0.952 bits per heavy atom. The van der Waals surface area contributed by atoms with Crippen molar-refractivity contribution in [2.24, 2.45) is 0 Å². The Morgan fingerprint density at radius 3 is 2.60 bits per heavy atom. The summed E-state index contributed by atoms with van der Waals surface area (Å²) in [5.74, 6) is 1.80. The van der Waals surface area contributed by atoms with E-state index in [1.54, 1.807) is 7.11 Å². The molecule has 3 aromatic carbocycles. The highest BCUT2D eigenvalue weighted by Gasteiger charge is 2.34. The van der Waals surface area contributed by atoms with Gasteiger partial charge in [-0.25, -0.2) is 0 Å². The molecule has 0 radical (unpaired) electrons. The molecule has 6 rings (SSSR count). The first-order valence-corrected chi connectivity index (χ1v) is 14.6. The maximum absolute atomic E-state index is 13.5. The van der Waals surface area contributed by atoms with E-state index in [0.29, 0.717) is 75.0 Å². The minimum atomic E-state index is -0.321. The molecule has 0 aromatic heterocycles. The number of carbonyl (C=O) groups is 2. The number of nitrogens with one attached hydrogen (secondary N) is 1. The van der Waals surface area contributed by atoms with Crippen LogP contribution < -0.4 is 19.7 Å². The highest BCUT2D eigenvalue weighted by molar-refractivity contribution is 5.94. The molecule has 0 aliphatic carbocycles. The van der Waals surface area contributed by atoms with E-state index >= 15 is 0 Å². The van der Waals surface area contributed by atoms with Crippen LogP contribution in [0.4, 0.5) is 5.69 Å². The van der Waals surface area contributed by atoms with Crippen molar-refractivity contribution in [3.05, 3.63) is 83.4 Å². The molecule has 3 aliphatic rings. The van der Waals surface area contributed by atoms with Gasteiger partial charge in [-0.1, -0.05) is 18.2 Å². The number of aryl methyl sites for hydroxylation is 1. The van der Waals surface area contributed by atoms with Gasteiger partial charge in [-0.15, -0.1) is 0 Å². The van der Waals surface area contributed by atoms with Crippen molar-refractivity contribution in [3.63, 3.8) is 0 Å². The van der Waals surface area contributed by atoms with Crippen molar-refractivity contribution >= 4 is 17.5 Å². The number of nitrogens with zero attached hydrogens (tertiary/aromatic N) is 2. The van der Waals surface area contributed by atoms with Crippen molar-refractivity contribution in [2.75, 3.05) is 51.4 Å². The lowest BCUT2D eigenvalue weighted by Gasteiger charge is -2.39. The van der Waals surface area contributed by atoms with Crippen molar-refractivity contribution in [1.29, 1.82) is 0 Å². The minimum Gasteiger partial charge on any atom is -0.493 e. The first-order chi connectivity index (χ1) is 20.6. The van der Waals surface area contributed by atoms with Gasteiger partial charge in [0.05, 0.1) is 39.1 Å². The number of amides is 2. The molecule has 4 bridgehead atoms. The molecule has 9 nitrogen and oxygen atoms in total. The second-order valence-electron chi connectivity index (χ2n) is 10.9. The van der Waals surface area contributed by atoms with Gasteiger partial charge >= 0.3 is 0 Å². The molecule has 2 atom stereocenters. The zero-order valence-corrected chi connectivity index (χ0v) is 23.9. The number of anilines is 1. The average Bonchev–Trinajstić information content (AvgIpc) is 3.03. The van der Waals surface area contributed by atoms with E-state index in [4.69, 9.17) is 18.9 Å². The third-order valence-electron chi connectivity index (χ3n) is 8.13. The molecule has 2 amide bonds. The zero-order valence-electron chi connectivity index (χ0n) is 23.9. The van der Waals surface area contributed by atoms with Gasteiger partial charge < -0.3 is 34.1 Å². The fourth-order valence-electron chi connectivity index (χ4n) is 5.79. The minimum absolute atomic E-state index is 0.0391. The number of hydrogen-bond donors (Lipinski definition) is 1. The predicted octanol–water partition coefficient (Wildman–Crippen LogP) is 4.19. The maximum atomic E-state index is 13.5. The van der Waals surface area contributed by atoms with Gasteiger partial charge in [-0.3, -0.25) is 9.59 Å². The van der Waals surface area contributed by atoms with E-state index < -0.39 is 0 Å². The molecule has 3 aromatic rings. The van der Waals surface area contributed by atoms with Crippen molar-refractivity contribution in [1.82, 2.24) is 10.2 Å². The normalized spacial score (nSPS) is 21.2. The van der Waals surface area contributed by atoms with Crippen LogP contribution in [0.25, 0.3) is 0 Å². The van der Waals surface area contributed by atoms with Gasteiger partial charge in [0, 0.05) is 43.9 Å². The standard InChI is InChI=1S/C33H37N3O6/c1-39-30-11-5-23-6-12-32(37)34-28-21-36(33(38)25-7-9-26(10-8-25)35-15-17-40-18-16-35)14-13-29(28)41-22-24-3-2-4-27(19-24)42-31(30)20-23/h2-5,7-11,19-20,28-29H,6,12-18,21-22H2,1H3,(H,34,37)/t28-,29+/m0/s1. The molecule has 1 N–H and O–H groups in total. The molecule has 42 heavy (non-hydrogen) atoms. The van der Waals surface area contributed by atoms with Crippen LogP contribution in [0.15, 0.2) is 66.7 Å². The predicted molar refractivity (Wildman–Crippen MR) is 158 cm³/mol. The molecule has 3 heterocycles. The number of methoxy groups -OCH3 is 1. The van der Waals surface area contributed by atoms with E-state index in [1.165, 1.54) is 0 Å². The summed E-state index contributed by atoms with van der Waals surface area (Å²) in [4.78, 5) is 30.8. The highest BCUT2D eigenvalue weighted by atomic mass is 16.5. The summed E-state index contributed by atoms with van der Waals surface area (Å²) >= 11 is 0. The number of likely N-dealkylation sites (tertiary alicyclic amines) is 1. The molecule has 2 fully saturated rings. The number of carbonyl (C=O) groups excluding carboxylic acids is 2. The van der Waals surface area contributed by atoms with Crippen LogP contribution in [0.3, 0.4) is 0 Å². The van der Waals surface area contributed by atoms with E-state index in [-0.39, 0.29) is 24.0 Å². The molecule has 3 aliphatic heterocycles. The topological polar surface area (TPSA) is 89.6 Å². The molecule has 0 saturated carbocycles. The fraction of sp³-hybridized carbons (Fsp3) is 0.394. The molecule has 2 saturated heterocycles. The summed E-state index contributed by atoms with van der Waals surface area (Å²) in [5.41, 5.74) is 3.67. The van der Waals surface area contributed by atoms with Crippen LogP contribution in [0.1, 0.15) is 34.3 Å². The maximum Gasteiger partial charge on any atom is 0.253 e. The number of rotatable bonds is 3. The van der Waals surface area contributed by atoms with Crippen LogP contribution in [0.5, 0.6) is 17.2 Å². The van der Waals surface area contributed by atoms with Crippen molar-refractivity contribution in [3.8, 4) is 17.2 Å². The Labute approximate surface area is 246 Å². The SMILES string of the molecule is COc1ccc2cc1Oc1cccc(c1)CO[C@@H]1CCN(C(=O)c3ccc(N4CCOCC4)cc3)C[C@@H]1NC(=O)CC2. The fourth-order valence-corrected chi connectivity index (χ4v) is 5.79. The Kier molecular flexibility index (Phi) is 8.58. The van der Waals surface area contributed by atoms with E-state index in [1.807, 2.05) is 71.6 Å². The lowest BCUT2D eigenvalue weighted by molar-refractivity contribution is -0.124. The average molecular weight is 572 g/mol. The second kappa shape index (κ2) is 12.8. The third-order valence-corrected chi connectivity index (χ3v) is 8.13. The molecule has 0 unspecified atom stereocenters. The summed E-state index contributed by atoms with van der Waals surface area (Å²) < 4.78 is 23.5. The van der Waals surface area contributed by atoms with Crippen LogP contribution >= 0.6 is 0 Å². The monoisotopic (exact) mass is 571 g/mol. The first-order valence-electron chi connectivity index (χ1n) is 14.6. The van der Waals surface area contributed by atoms with Crippen LogP contribution in [0.2, 0.25) is 0 Å². The Hall–Kier alpha value is -4.08. The summed E-state index contributed by atoms with van der Waals surface area (Å²) in [7, 11) is 1.61. The van der Waals surface area contributed by atoms with Crippen molar-refractivity contribution < 1.29 is 28.5 Å². The number of ether oxygens (including phenoxy) is 4. The van der Waals surface area contributed by atoms with Gasteiger partial charge in [0.25, 0.3) is 5.91 Å². The number of benzene rings is 3. The summed E-state index contributed by atoms with van der Waals surface area (Å²) in [5, 5.41) is 3.18. The van der Waals surface area contributed by atoms with Gasteiger partial charge in [-0.2, -0.15) is 0 Å². The molecular weight excluding hydrogens is 534 g/mol. The lowest BCUT2D eigenvalue weighted by atomic mass is 10.00. The zero-order chi connectivity index (χ0) is 28.9. The van der Waals surface area contributed by atoms with Gasteiger partial charge in [-0.05, 0) is 72.5 Å². The largest absolute Gasteiger partial charge is 0.493 e. The summed E-state index contributed by atoms with van der Waals surface area (Å²) in [6.45, 7) is 4.42. The second-order valence-corrected chi connectivity index (χ2v) is 10.9. The Morgan fingerprint density at radius 2 is 1.79 bits per heavy atom. The van der Waals surface area contributed by atoms with Gasteiger partial charge in [0.2, 0.25) is 5.91 Å². The first kappa shape index (κ1) is 28.1. The number of hydrogen-bond acceptors (Lipinski definition) is 7. The number of piperidine rings is 1. The highest BCUT2D eigenvalue weighted by Crippen LogP contribution is 2.33. The lowest BCUT2D eigenvalue weighted by Crippen LogP contribution is -2.57. The molecular formula is C33H37N3O6. The van der Waals surface area contributed by atoms with E-state index in [0.717, 1.165) is 29.9 Å². The smallest absolute Gasteiger partial charge is 0.253 e. The Balaban J connectivity index is 1.18. The van der Waals surface area contributed by atoms with E-state index in [2.05, 4.69) is 10.2 Å². The van der Waals surface area contributed by atoms with Crippen LogP contribution in [-0.2, 0) is 27.3 Å². The molecule has 0 spiro atoms. The quantitative estimate of drug-likeness (QED) is 0.505. The van der Waals surface area contributed by atoms with Crippen LogP contribution in [0, 0.1) is 0 Å². The van der Waals surface area contributed by atoms with Gasteiger partial charge in [0.15, 0.2) is 11.5 Å². The summed E-state index contributed by atoms with van der Waals surface area (Å²) in [6.07, 6.45) is 1.25.